The van der Waals surface area contributed by atoms with Gasteiger partial charge in [-0.25, -0.2) is 0 Å². The highest BCUT2D eigenvalue weighted by Crippen LogP contribution is 2.27. The van der Waals surface area contributed by atoms with Gasteiger partial charge in [0, 0.05) is 24.7 Å². The van der Waals surface area contributed by atoms with Crippen molar-refractivity contribution < 1.29 is 9.59 Å². The number of carbonyl (C=O) groups is 2. The van der Waals surface area contributed by atoms with Gasteiger partial charge in [0.05, 0.1) is 6.04 Å². The largest absolute Gasteiger partial charge is 0.349 e. The van der Waals surface area contributed by atoms with Gasteiger partial charge in [0.25, 0.3) is 5.91 Å². The average Bonchev–Trinajstić information content (AvgIpc) is 3.63. The highest BCUT2D eigenvalue weighted by atomic mass is 16.2. The number of benzene rings is 3. The molecule has 1 aliphatic carbocycles. The molecular formula is C27H26N2O2. The van der Waals surface area contributed by atoms with Crippen molar-refractivity contribution in [1.82, 2.24) is 10.2 Å². The Kier molecular flexibility index (Phi) is 6.27. The van der Waals surface area contributed by atoms with E-state index >= 15 is 0 Å². The summed E-state index contributed by atoms with van der Waals surface area (Å²) in [6.07, 6.45) is 5.50. The molecule has 0 spiro atoms. The average molecular weight is 411 g/mol. The maximum absolute atomic E-state index is 13.0. The molecule has 2 amide bonds. The molecule has 1 fully saturated rings. The fraction of sp³-hybridized carbons (Fsp3) is 0.185. The van der Waals surface area contributed by atoms with Crippen LogP contribution in [0.15, 0.2) is 91.0 Å². The van der Waals surface area contributed by atoms with E-state index in [2.05, 4.69) is 5.32 Å². The van der Waals surface area contributed by atoms with Crippen molar-refractivity contribution in [1.29, 1.82) is 0 Å². The fourth-order valence-corrected chi connectivity index (χ4v) is 3.56. The van der Waals surface area contributed by atoms with Crippen LogP contribution in [0.3, 0.4) is 0 Å². The molecule has 0 unspecified atom stereocenters. The van der Waals surface area contributed by atoms with Crippen molar-refractivity contribution >= 4 is 17.9 Å². The summed E-state index contributed by atoms with van der Waals surface area (Å²) in [6.45, 7) is 0. The normalized spacial score (nSPS) is 13.4. The summed E-state index contributed by atoms with van der Waals surface area (Å²) < 4.78 is 0. The SMILES string of the molecule is CN(C(=O)/C=C/c1ccc(C(=O)NC2CC2)cc1)C(c1ccccc1)c1ccccc1. The zero-order valence-electron chi connectivity index (χ0n) is 17.6. The molecule has 0 atom stereocenters. The van der Waals surface area contributed by atoms with E-state index in [4.69, 9.17) is 0 Å². The number of carbonyl (C=O) groups excluding carboxylic acids is 2. The molecule has 0 bridgehead atoms. The van der Waals surface area contributed by atoms with Gasteiger partial charge in [0.15, 0.2) is 0 Å². The van der Waals surface area contributed by atoms with Crippen molar-refractivity contribution in [3.63, 3.8) is 0 Å². The molecule has 3 aromatic carbocycles. The molecule has 31 heavy (non-hydrogen) atoms. The van der Waals surface area contributed by atoms with Gasteiger partial charge in [-0.15, -0.1) is 0 Å². The summed E-state index contributed by atoms with van der Waals surface area (Å²) in [7, 11) is 1.82. The number of rotatable bonds is 7. The Bertz CT molecular complexity index is 1020. The Labute approximate surface area is 183 Å². The lowest BCUT2D eigenvalue weighted by Gasteiger charge is -2.28. The molecule has 0 saturated heterocycles. The predicted molar refractivity (Wildman–Crippen MR) is 123 cm³/mol. The van der Waals surface area contributed by atoms with Crippen LogP contribution in [-0.4, -0.2) is 29.8 Å². The van der Waals surface area contributed by atoms with Crippen LogP contribution in [-0.2, 0) is 4.79 Å². The standard InChI is InChI=1S/C27H26N2O2/c1-29(26(21-8-4-2-5-9-21)22-10-6-3-7-11-22)25(30)19-14-20-12-15-23(16-13-20)27(31)28-24-17-18-24/h2-16,19,24,26H,17-18H2,1H3,(H,28,31)/b19-14+. The molecule has 0 radical (unpaired) electrons. The first-order valence-electron chi connectivity index (χ1n) is 10.6. The van der Waals surface area contributed by atoms with Gasteiger partial charge in [-0.3, -0.25) is 9.59 Å². The van der Waals surface area contributed by atoms with Crippen molar-refractivity contribution in [2.24, 2.45) is 0 Å². The number of hydrogen-bond donors (Lipinski definition) is 1. The molecule has 1 aliphatic rings. The molecule has 3 aromatic rings. The minimum absolute atomic E-state index is 0.0394. The third-order valence-electron chi connectivity index (χ3n) is 5.47. The minimum atomic E-state index is -0.173. The van der Waals surface area contributed by atoms with Gasteiger partial charge in [-0.2, -0.15) is 0 Å². The monoisotopic (exact) mass is 410 g/mol. The topological polar surface area (TPSA) is 49.4 Å². The first kappa shape index (κ1) is 20.6. The maximum atomic E-state index is 13.0. The quantitative estimate of drug-likeness (QED) is 0.567. The lowest BCUT2D eigenvalue weighted by atomic mass is 9.97. The van der Waals surface area contributed by atoms with Crippen LogP contribution in [0, 0.1) is 0 Å². The van der Waals surface area contributed by atoms with Crippen LogP contribution in [0.4, 0.5) is 0 Å². The molecule has 4 nitrogen and oxygen atoms in total. The lowest BCUT2D eigenvalue weighted by molar-refractivity contribution is -0.126. The van der Waals surface area contributed by atoms with Crippen molar-refractivity contribution in [3.8, 4) is 0 Å². The molecule has 0 aliphatic heterocycles. The van der Waals surface area contributed by atoms with Crippen molar-refractivity contribution in [3.05, 3.63) is 113 Å². The minimum Gasteiger partial charge on any atom is -0.349 e. The number of amides is 2. The smallest absolute Gasteiger partial charge is 0.251 e. The Hall–Kier alpha value is -3.66. The van der Waals surface area contributed by atoms with Gasteiger partial charge in [-0.1, -0.05) is 72.8 Å². The molecule has 156 valence electrons. The van der Waals surface area contributed by atoms with Crippen LogP contribution in [0.25, 0.3) is 6.08 Å². The Morgan fingerprint density at radius 3 is 1.94 bits per heavy atom. The van der Waals surface area contributed by atoms with Gasteiger partial charge in [0.2, 0.25) is 5.91 Å². The third kappa shape index (κ3) is 5.28. The second-order valence-corrected chi connectivity index (χ2v) is 7.88. The molecule has 4 heteroatoms. The van der Waals surface area contributed by atoms with E-state index in [1.165, 1.54) is 0 Å². The summed E-state index contributed by atoms with van der Waals surface area (Å²) in [6, 6.07) is 27.5. The molecule has 0 aromatic heterocycles. The van der Waals surface area contributed by atoms with E-state index in [1.807, 2.05) is 79.8 Å². The summed E-state index contributed by atoms with van der Waals surface area (Å²) in [4.78, 5) is 26.8. The Morgan fingerprint density at radius 1 is 0.871 bits per heavy atom. The molecule has 4 rings (SSSR count). The van der Waals surface area contributed by atoms with E-state index in [9.17, 15) is 9.59 Å². The lowest BCUT2D eigenvalue weighted by Crippen LogP contribution is -2.30. The molecule has 1 N–H and O–H groups in total. The van der Waals surface area contributed by atoms with Crippen molar-refractivity contribution in [2.45, 2.75) is 24.9 Å². The first-order valence-corrected chi connectivity index (χ1v) is 10.6. The van der Waals surface area contributed by atoms with Crippen molar-refractivity contribution in [2.75, 3.05) is 7.05 Å². The van der Waals surface area contributed by atoms with Gasteiger partial charge in [-0.05, 0) is 47.7 Å². The third-order valence-corrected chi connectivity index (χ3v) is 5.47. The zero-order valence-corrected chi connectivity index (χ0v) is 17.6. The van der Waals surface area contributed by atoms with Crippen LogP contribution >= 0.6 is 0 Å². The van der Waals surface area contributed by atoms with E-state index in [-0.39, 0.29) is 17.9 Å². The van der Waals surface area contributed by atoms with Crippen LogP contribution < -0.4 is 5.32 Å². The van der Waals surface area contributed by atoms with Crippen LogP contribution in [0.2, 0.25) is 0 Å². The Balaban J connectivity index is 1.48. The predicted octanol–water partition coefficient (Wildman–Crippen LogP) is 4.84. The number of likely N-dealkylation sites (N-methyl/N-ethyl adjacent to an activating group) is 1. The summed E-state index contributed by atoms with van der Waals surface area (Å²) in [5.74, 6) is -0.129. The van der Waals surface area contributed by atoms with E-state index in [0.29, 0.717) is 11.6 Å². The fourth-order valence-electron chi connectivity index (χ4n) is 3.56. The van der Waals surface area contributed by atoms with Gasteiger partial charge < -0.3 is 10.2 Å². The number of nitrogens with one attached hydrogen (secondary N) is 1. The highest BCUT2D eigenvalue weighted by Gasteiger charge is 2.24. The number of nitrogens with zero attached hydrogens (tertiary/aromatic N) is 1. The van der Waals surface area contributed by atoms with E-state index < -0.39 is 0 Å². The zero-order chi connectivity index (χ0) is 21.6. The molecule has 0 heterocycles. The maximum Gasteiger partial charge on any atom is 0.251 e. The van der Waals surface area contributed by atoms with Crippen LogP contribution in [0.5, 0.6) is 0 Å². The molecular weight excluding hydrogens is 384 g/mol. The highest BCUT2D eigenvalue weighted by molar-refractivity contribution is 5.95. The van der Waals surface area contributed by atoms with E-state index in [1.54, 1.807) is 29.2 Å². The first-order chi connectivity index (χ1) is 15.1. The van der Waals surface area contributed by atoms with Gasteiger partial charge >= 0.3 is 0 Å². The van der Waals surface area contributed by atoms with E-state index in [0.717, 1.165) is 29.5 Å². The summed E-state index contributed by atoms with van der Waals surface area (Å²) >= 11 is 0. The van der Waals surface area contributed by atoms with Crippen LogP contribution in [0.1, 0.15) is 45.9 Å². The second-order valence-electron chi connectivity index (χ2n) is 7.88. The van der Waals surface area contributed by atoms with Gasteiger partial charge in [0.1, 0.15) is 0 Å². The number of hydrogen-bond acceptors (Lipinski definition) is 2. The molecule has 1 saturated carbocycles. The summed E-state index contributed by atoms with van der Waals surface area (Å²) in [5.41, 5.74) is 3.63. The summed E-state index contributed by atoms with van der Waals surface area (Å²) in [5, 5.41) is 2.98. The Morgan fingerprint density at radius 2 is 1.42 bits per heavy atom. The second kappa shape index (κ2) is 9.43.